The highest BCUT2D eigenvalue weighted by Gasteiger charge is 2.12. The van der Waals surface area contributed by atoms with Gasteiger partial charge in [-0.15, -0.1) is 0 Å². The van der Waals surface area contributed by atoms with Gasteiger partial charge in [0, 0.05) is 23.2 Å². The summed E-state index contributed by atoms with van der Waals surface area (Å²) in [5, 5.41) is 0. The van der Waals surface area contributed by atoms with Gasteiger partial charge in [0.05, 0.1) is 0 Å². The van der Waals surface area contributed by atoms with E-state index in [0.717, 1.165) is 36.8 Å². The van der Waals surface area contributed by atoms with Gasteiger partial charge in [-0.1, -0.05) is 48.5 Å². The van der Waals surface area contributed by atoms with E-state index in [1.54, 1.807) is 0 Å². The van der Waals surface area contributed by atoms with Crippen LogP contribution in [0.1, 0.15) is 64.8 Å². The summed E-state index contributed by atoms with van der Waals surface area (Å²) in [6, 6.07) is 14.9. The van der Waals surface area contributed by atoms with Gasteiger partial charge < -0.3 is 22.9 Å². The number of ketones is 1. The van der Waals surface area contributed by atoms with Crippen molar-refractivity contribution in [3.63, 3.8) is 0 Å². The molecule has 0 aliphatic carbocycles. The van der Waals surface area contributed by atoms with Crippen molar-refractivity contribution in [3.8, 4) is 0 Å². The summed E-state index contributed by atoms with van der Waals surface area (Å²) >= 11 is 0. The molecular weight excluding hydrogens is 324 g/mol. The molecule has 0 aromatic heterocycles. The zero-order chi connectivity index (χ0) is 18.9. The van der Waals surface area contributed by atoms with Crippen LogP contribution in [0.5, 0.6) is 0 Å². The second kappa shape index (κ2) is 10.2. The van der Waals surface area contributed by atoms with E-state index in [9.17, 15) is 4.79 Å². The van der Waals surface area contributed by atoms with Crippen LogP contribution in [0, 0.1) is 0 Å². The number of benzene rings is 2. The van der Waals surface area contributed by atoms with Crippen LogP contribution in [0.4, 0.5) is 0 Å². The Morgan fingerprint density at radius 3 is 1.35 bits per heavy atom. The predicted molar refractivity (Wildman–Crippen MR) is 107 cm³/mol. The fourth-order valence-corrected chi connectivity index (χ4v) is 2.94. The molecule has 0 radical (unpaired) electrons. The Bertz CT molecular complexity index is 623. The quantitative estimate of drug-likeness (QED) is 0.488. The van der Waals surface area contributed by atoms with Crippen LogP contribution in [-0.2, 0) is 0 Å². The highest BCUT2D eigenvalue weighted by Crippen LogP contribution is 2.20. The highest BCUT2D eigenvalue weighted by atomic mass is 16.1. The van der Waals surface area contributed by atoms with Crippen molar-refractivity contribution in [2.24, 2.45) is 22.9 Å². The predicted octanol–water partition coefficient (Wildman–Crippen LogP) is 2.40. The number of rotatable bonds is 10. The molecule has 26 heavy (non-hydrogen) atoms. The van der Waals surface area contributed by atoms with Crippen molar-refractivity contribution < 1.29 is 4.79 Å². The molecule has 0 aliphatic rings. The molecule has 2 rings (SSSR count). The standard InChI is InChI=1S/C21H30N4O/c22-13-1-3-19(24)15-5-9-17(10-6-15)21(26)18-11-7-16(8-12-18)20(25)4-2-14-23/h5-12,19-20H,1-4,13-14,22-25H2. The van der Waals surface area contributed by atoms with Gasteiger partial charge >= 0.3 is 0 Å². The van der Waals surface area contributed by atoms with Gasteiger partial charge in [-0.25, -0.2) is 0 Å². The van der Waals surface area contributed by atoms with E-state index in [2.05, 4.69) is 0 Å². The molecule has 140 valence electrons. The number of hydrogen-bond acceptors (Lipinski definition) is 5. The molecule has 0 aliphatic heterocycles. The van der Waals surface area contributed by atoms with E-state index in [-0.39, 0.29) is 17.9 Å². The summed E-state index contributed by atoms with van der Waals surface area (Å²) < 4.78 is 0. The van der Waals surface area contributed by atoms with Gasteiger partial charge in [-0.05, 0) is 49.9 Å². The minimum Gasteiger partial charge on any atom is -0.330 e. The average molecular weight is 354 g/mol. The first-order valence-electron chi connectivity index (χ1n) is 9.22. The number of carbonyl (C=O) groups is 1. The number of hydrogen-bond donors (Lipinski definition) is 4. The molecular formula is C21H30N4O. The molecule has 0 bridgehead atoms. The summed E-state index contributed by atoms with van der Waals surface area (Å²) in [6.07, 6.45) is 3.47. The Morgan fingerprint density at radius 2 is 1.04 bits per heavy atom. The van der Waals surface area contributed by atoms with E-state index in [1.807, 2.05) is 48.5 Å². The molecule has 0 saturated carbocycles. The number of nitrogens with two attached hydrogens (primary N) is 4. The second-order valence-electron chi connectivity index (χ2n) is 6.65. The molecule has 2 aromatic carbocycles. The van der Waals surface area contributed by atoms with E-state index in [4.69, 9.17) is 22.9 Å². The lowest BCUT2D eigenvalue weighted by molar-refractivity contribution is 0.103. The lowest BCUT2D eigenvalue weighted by Gasteiger charge is -2.13. The van der Waals surface area contributed by atoms with Crippen LogP contribution >= 0.6 is 0 Å². The lowest BCUT2D eigenvalue weighted by atomic mass is 9.96. The van der Waals surface area contributed by atoms with Crippen LogP contribution in [0.25, 0.3) is 0 Å². The van der Waals surface area contributed by atoms with Crippen molar-refractivity contribution in [3.05, 3.63) is 70.8 Å². The third-order valence-electron chi connectivity index (χ3n) is 4.64. The Labute approximate surface area is 155 Å². The summed E-state index contributed by atoms with van der Waals surface area (Å²) in [4.78, 5) is 12.7. The van der Waals surface area contributed by atoms with Gasteiger partial charge in [-0.3, -0.25) is 4.79 Å². The molecule has 0 amide bonds. The fourth-order valence-electron chi connectivity index (χ4n) is 2.94. The largest absolute Gasteiger partial charge is 0.330 e. The molecule has 8 N–H and O–H groups in total. The highest BCUT2D eigenvalue weighted by molar-refractivity contribution is 6.09. The third-order valence-corrected chi connectivity index (χ3v) is 4.64. The maximum Gasteiger partial charge on any atom is 0.193 e. The van der Waals surface area contributed by atoms with Crippen LogP contribution in [0.3, 0.4) is 0 Å². The van der Waals surface area contributed by atoms with Gasteiger partial charge in [0.2, 0.25) is 0 Å². The molecule has 0 fully saturated rings. The minimum absolute atomic E-state index is 0.00541. The first-order chi connectivity index (χ1) is 12.6. The van der Waals surface area contributed by atoms with E-state index in [0.29, 0.717) is 24.2 Å². The van der Waals surface area contributed by atoms with Crippen molar-refractivity contribution in [2.75, 3.05) is 13.1 Å². The molecule has 2 atom stereocenters. The summed E-state index contributed by atoms with van der Waals surface area (Å²) in [7, 11) is 0. The molecule has 2 aromatic rings. The topological polar surface area (TPSA) is 121 Å². The molecule has 0 spiro atoms. The Balaban J connectivity index is 2.04. The SMILES string of the molecule is NCCCC(N)c1ccc(C(=O)c2ccc(C(N)CCCN)cc2)cc1. The van der Waals surface area contributed by atoms with Crippen molar-refractivity contribution >= 4 is 5.78 Å². The van der Waals surface area contributed by atoms with Gasteiger partial charge in [0.1, 0.15) is 0 Å². The Kier molecular flexibility index (Phi) is 7.94. The molecule has 5 heteroatoms. The van der Waals surface area contributed by atoms with Gasteiger partial charge in [-0.2, -0.15) is 0 Å². The Hall–Kier alpha value is -2.05. The van der Waals surface area contributed by atoms with E-state index >= 15 is 0 Å². The third kappa shape index (κ3) is 5.47. The van der Waals surface area contributed by atoms with E-state index in [1.165, 1.54) is 0 Å². The lowest BCUT2D eigenvalue weighted by Crippen LogP contribution is -2.13. The summed E-state index contributed by atoms with van der Waals surface area (Å²) in [6.45, 7) is 1.27. The number of carbonyl (C=O) groups excluding carboxylic acids is 1. The molecule has 2 unspecified atom stereocenters. The molecule has 5 nitrogen and oxygen atoms in total. The average Bonchev–Trinajstić information content (AvgIpc) is 2.69. The molecule has 0 saturated heterocycles. The van der Waals surface area contributed by atoms with Gasteiger partial charge in [0.15, 0.2) is 5.78 Å². The summed E-state index contributed by atoms with van der Waals surface area (Å²) in [5.74, 6) is -0.00541. The van der Waals surface area contributed by atoms with Crippen LogP contribution in [0.15, 0.2) is 48.5 Å². The smallest absolute Gasteiger partial charge is 0.193 e. The first kappa shape index (κ1) is 20.3. The fraction of sp³-hybridized carbons (Fsp3) is 0.381. The zero-order valence-corrected chi connectivity index (χ0v) is 15.2. The maximum absolute atomic E-state index is 12.7. The first-order valence-corrected chi connectivity index (χ1v) is 9.22. The van der Waals surface area contributed by atoms with Crippen molar-refractivity contribution in [2.45, 2.75) is 37.8 Å². The van der Waals surface area contributed by atoms with E-state index < -0.39 is 0 Å². The second-order valence-corrected chi connectivity index (χ2v) is 6.65. The van der Waals surface area contributed by atoms with Crippen LogP contribution < -0.4 is 22.9 Å². The Morgan fingerprint density at radius 1 is 0.692 bits per heavy atom. The van der Waals surface area contributed by atoms with Crippen molar-refractivity contribution in [1.82, 2.24) is 0 Å². The monoisotopic (exact) mass is 354 g/mol. The normalized spacial score (nSPS) is 13.4. The summed E-state index contributed by atoms with van der Waals surface area (Å²) in [5.41, 5.74) is 26.7. The zero-order valence-electron chi connectivity index (χ0n) is 15.2. The van der Waals surface area contributed by atoms with Crippen LogP contribution in [-0.4, -0.2) is 18.9 Å². The maximum atomic E-state index is 12.7. The van der Waals surface area contributed by atoms with Crippen LogP contribution in [0.2, 0.25) is 0 Å². The van der Waals surface area contributed by atoms with Gasteiger partial charge in [0.25, 0.3) is 0 Å². The molecule has 0 heterocycles. The van der Waals surface area contributed by atoms with Crippen molar-refractivity contribution in [1.29, 1.82) is 0 Å². The minimum atomic E-state index is -0.0445.